The number of halogens is 1. The molecule has 0 aromatic heterocycles. The molecule has 0 heterocycles. The van der Waals surface area contributed by atoms with Gasteiger partial charge in [-0.25, -0.2) is 4.79 Å². The number of aryl methyl sites for hydroxylation is 1. The molecule has 0 bridgehead atoms. The van der Waals surface area contributed by atoms with Gasteiger partial charge in [0.1, 0.15) is 0 Å². The summed E-state index contributed by atoms with van der Waals surface area (Å²) in [6.07, 6.45) is 8.17. The third-order valence-electron chi connectivity index (χ3n) is 3.70. The molecule has 5 heteroatoms. The highest BCUT2D eigenvalue weighted by molar-refractivity contribution is 9.09. The average Bonchev–Trinajstić information content (AvgIpc) is 2.57. The number of ether oxygens (including phenoxy) is 1. The standard InChI is InChI=1S/C19H31BrN2O2/c1-2-21-19(23)22-18-12-9-11-17(16-18)10-5-8-15-24-14-7-4-3-6-13-20/h9,11-12,16H,2-8,10,13-15H2,1H3,(H2,21,22,23). The molecule has 0 aliphatic rings. The number of anilines is 1. The normalized spacial score (nSPS) is 10.6. The molecule has 1 aromatic rings. The zero-order valence-corrected chi connectivity index (χ0v) is 16.4. The van der Waals surface area contributed by atoms with Gasteiger partial charge in [0.15, 0.2) is 0 Å². The Bertz CT molecular complexity index is 455. The van der Waals surface area contributed by atoms with E-state index in [-0.39, 0.29) is 6.03 Å². The predicted molar refractivity (Wildman–Crippen MR) is 105 cm³/mol. The molecule has 0 atom stereocenters. The molecule has 24 heavy (non-hydrogen) atoms. The molecule has 2 N–H and O–H groups in total. The van der Waals surface area contributed by atoms with Crippen molar-refractivity contribution in [2.24, 2.45) is 0 Å². The van der Waals surface area contributed by atoms with E-state index in [1.807, 2.05) is 25.1 Å². The molecule has 0 radical (unpaired) electrons. The van der Waals surface area contributed by atoms with E-state index in [1.165, 1.54) is 31.2 Å². The van der Waals surface area contributed by atoms with Crippen LogP contribution in [-0.4, -0.2) is 31.1 Å². The summed E-state index contributed by atoms with van der Waals surface area (Å²) in [6, 6.07) is 7.89. The fourth-order valence-corrected chi connectivity index (χ4v) is 2.82. The zero-order chi connectivity index (χ0) is 17.5. The van der Waals surface area contributed by atoms with E-state index in [2.05, 4.69) is 32.6 Å². The number of urea groups is 1. The molecule has 0 aliphatic heterocycles. The van der Waals surface area contributed by atoms with Crippen LogP contribution in [0.1, 0.15) is 51.0 Å². The molecular formula is C19H31BrN2O2. The first kappa shape index (κ1) is 21.0. The summed E-state index contributed by atoms with van der Waals surface area (Å²) in [5.41, 5.74) is 2.09. The van der Waals surface area contributed by atoms with Gasteiger partial charge in [0.25, 0.3) is 0 Å². The van der Waals surface area contributed by atoms with E-state index in [4.69, 9.17) is 4.74 Å². The number of rotatable bonds is 13. The molecule has 0 fully saturated rings. The second-order valence-electron chi connectivity index (χ2n) is 5.86. The number of hydrogen-bond donors (Lipinski definition) is 2. The molecule has 136 valence electrons. The van der Waals surface area contributed by atoms with Crippen LogP contribution in [0.2, 0.25) is 0 Å². The fraction of sp³-hybridized carbons (Fsp3) is 0.632. The van der Waals surface area contributed by atoms with Crippen LogP contribution in [0.5, 0.6) is 0 Å². The topological polar surface area (TPSA) is 50.4 Å². The number of carbonyl (C=O) groups is 1. The first-order chi connectivity index (χ1) is 11.8. The Hall–Kier alpha value is -1.07. The van der Waals surface area contributed by atoms with Crippen LogP contribution >= 0.6 is 15.9 Å². The van der Waals surface area contributed by atoms with Crippen molar-refractivity contribution >= 4 is 27.6 Å². The Morgan fingerprint density at radius 1 is 1.08 bits per heavy atom. The highest BCUT2D eigenvalue weighted by Gasteiger charge is 2.01. The van der Waals surface area contributed by atoms with Crippen molar-refractivity contribution in [2.45, 2.75) is 51.9 Å². The van der Waals surface area contributed by atoms with Crippen molar-refractivity contribution in [3.05, 3.63) is 29.8 Å². The second kappa shape index (κ2) is 14.3. The van der Waals surface area contributed by atoms with Crippen molar-refractivity contribution in [3.8, 4) is 0 Å². The Labute approximate surface area is 154 Å². The lowest BCUT2D eigenvalue weighted by molar-refractivity contribution is 0.126. The highest BCUT2D eigenvalue weighted by Crippen LogP contribution is 2.13. The molecule has 0 aliphatic carbocycles. The molecule has 2 amide bonds. The lowest BCUT2D eigenvalue weighted by atomic mass is 10.1. The first-order valence-electron chi connectivity index (χ1n) is 9.03. The maximum absolute atomic E-state index is 11.5. The van der Waals surface area contributed by atoms with E-state index in [9.17, 15) is 4.79 Å². The van der Waals surface area contributed by atoms with Gasteiger partial charge in [-0.05, 0) is 56.7 Å². The molecular weight excluding hydrogens is 368 g/mol. The number of hydrogen-bond acceptors (Lipinski definition) is 2. The number of benzene rings is 1. The summed E-state index contributed by atoms with van der Waals surface area (Å²) in [6.45, 7) is 4.26. The van der Waals surface area contributed by atoms with Gasteiger partial charge in [0.05, 0.1) is 0 Å². The Kier molecular flexibility index (Phi) is 12.5. The SMILES string of the molecule is CCNC(=O)Nc1cccc(CCCCOCCCCCCBr)c1. The second-order valence-corrected chi connectivity index (χ2v) is 6.65. The molecule has 0 unspecified atom stereocenters. The van der Waals surface area contributed by atoms with E-state index in [0.29, 0.717) is 6.54 Å². The van der Waals surface area contributed by atoms with Gasteiger partial charge in [-0.2, -0.15) is 0 Å². The Morgan fingerprint density at radius 2 is 1.83 bits per heavy atom. The van der Waals surface area contributed by atoms with Gasteiger partial charge >= 0.3 is 6.03 Å². The average molecular weight is 399 g/mol. The number of carbonyl (C=O) groups excluding carboxylic acids is 1. The summed E-state index contributed by atoms with van der Waals surface area (Å²) in [7, 11) is 0. The van der Waals surface area contributed by atoms with Crippen molar-refractivity contribution in [3.63, 3.8) is 0 Å². The maximum Gasteiger partial charge on any atom is 0.319 e. The van der Waals surface area contributed by atoms with Crippen molar-refractivity contribution < 1.29 is 9.53 Å². The molecule has 0 spiro atoms. The third kappa shape index (κ3) is 10.7. The predicted octanol–water partition coefficient (Wildman–Crippen LogP) is 5.12. The fourth-order valence-electron chi connectivity index (χ4n) is 2.43. The summed E-state index contributed by atoms with van der Waals surface area (Å²) < 4.78 is 5.68. The van der Waals surface area contributed by atoms with Crippen LogP contribution in [0.15, 0.2) is 24.3 Å². The summed E-state index contributed by atoms with van der Waals surface area (Å²) in [5, 5.41) is 6.68. The first-order valence-corrected chi connectivity index (χ1v) is 10.2. The number of alkyl halides is 1. The third-order valence-corrected chi connectivity index (χ3v) is 4.26. The minimum atomic E-state index is -0.154. The Morgan fingerprint density at radius 3 is 2.58 bits per heavy atom. The van der Waals surface area contributed by atoms with E-state index in [1.54, 1.807) is 0 Å². The maximum atomic E-state index is 11.5. The molecule has 0 saturated carbocycles. The van der Waals surface area contributed by atoms with Crippen molar-refractivity contribution in [1.82, 2.24) is 5.32 Å². The molecule has 4 nitrogen and oxygen atoms in total. The monoisotopic (exact) mass is 398 g/mol. The largest absolute Gasteiger partial charge is 0.381 e. The van der Waals surface area contributed by atoms with Crippen LogP contribution in [0, 0.1) is 0 Å². The van der Waals surface area contributed by atoms with Crippen molar-refractivity contribution in [2.75, 3.05) is 30.4 Å². The van der Waals surface area contributed by atoms with Gasteiger partial charge in [0, 0.05) is 30.8 Å². The van der Waals surface area contributed by atoms with Gasteiger partial charge in [-0.1, -0.05) is 40.9 Å². The van der Waals surface area contributed by atoms with Gasteiger partial charge in [0.2, 0.25) is 0 Å². The molecule has 1 aromatic carbocycles. The van der Waals surface area contributed by atoms with E-state index in [0.717, 1.165) is 43.5 Å². The van der Waals surface area contributed by atoms with Gasteiger partial charge < -0.3 is 15.4 Å². The summed E-state index contributed by atoms with van der Waals surface area (Å²) in [5.74, 6) is 0. The number of amides is 2. The summed E-state index contributed by atoms with van der Waals surface area (Å²) >= 11 is 3.45. The van der Waals surface area contributed by atoms with Crippen LogP contribution in [-0.2, 0) is 11.2 Å². The number of unbranched alkanes of at least 4 members (excludes halogenated alkanes) is 4. The minimum Gasteiger partial charge on any atom is -0.381 e. The zero-order valence-electron chi connectivity index (χ0n) is 14.8. The smallest absolute Gasteiger partial charge is 0.319 e. The van der Waals surface area contributed by atoms with Crippen LogP contribution in [0.25, 0.3) is 0 Å². The van der Waals surface area contributed by atoms with E-state index < -0.39 is 0 Å². The van der Waals surface area contributed by atoms with E-state index >= 15 is 0 Å². The van der Waals surface area contributed by atoms with Crippen LogP contribution < -0.4 is 10.6 Å². The van der Waals surface area contributed by atoms with Gasteiger partial charge in [-0.3, -0.25) is 0 Å². The lowest BCUT2D eigenvalue weighted by Gasteiger charge is -2.08. The quantitative estimate of drug-likeness (QED) is 0.357. The van der Waals surface area contributed by atoms with Crippen LogP contribution in [0.4, 0.5) is 10.5 Å². The Balaban J connectivity index is 2.09. The number of nitrogens with one attached hydrogen (secondary N) is 2. The van der Waals surface area contributed by atoms with Crippen molar-refractivity contribution in [1.29, 1.82) is 0 Å². The summed E-state index contributed by atoms with van der Waals surface area (Å²) in [4.78, 5) is 11.5. The molecule has 1 rings (SSSR count). The van der Waals surface area contributed by atoms with Crippen LogP contribution in [0.3, 0.4) is 0 Å². The minimum absolute atomic E-state index is 0.154. The van der Waals surface area contributed by atoms with Gasteiger partial charge in [-0.15, -0.1) is 0 Å². The lowest BCUT2D eigenvalue weighted by Crippen LogP contribution is -2.28. The highest BCUT2D eigenvalue weighted by atomic mass is 79.9. The molecule has 0 saturated heterocycles.